The van der Waals surface area contributed by atoms with Gasteiger partial charge in [-0.1, -0.05) is 23.9 Å². The number of hydrogen-bond donors (Lipinski definition) is 2. The molecule has 2 aromatic rings. The van der Waals surface area contributed by atoms with Crippen LogP contribution in [0.5, 0.6) is 5.75 Å². The highest BCUT2D eigenvalue weighted by atomic mass is 32.2. The number of H-pyrrole nitrogens is 1. The molecule has 1 aliphatic heterocycles. The lowest BCUT2D eigenvalue weighted by molar-refractivity contribution is -0.119. The summed E-state index contributed by atoms with van der Waals surface area (Å²) in [6, 6.07) is 7.13. The number of hydrogen-bond acceptors (Lipinski definition) is 6. The summed E-state index contributed by atoms with van der Waals surface area (Å²) in [7, 11) is 1.57. The molecule has 0 radical (unpaired) electrons. The van der Waals surface area contributed by atoms with E-state index in [0.29, 0.717) is 23.3 Å². The zero-order valence-electron chi connectivity index (χ0n) is 14.0. The van der Waals surface area contributed by atoms with Gasteiger partial charge >= 0.3 is 0 Å². The van der Waals surface area contributed by atoms with Gasteiger partial charge < -0.3 is 15.0 Å². The molecule has 2 amide bonds. The van der Waals surface area contributed by atoms with Gasteiger partial charge in [0.25, 0.3) is 0 Å². The maximum absolute atomic E-state index is 12.3. The maximum Gasteiger partial charge on any atom is 0.230 e. The van der Waals surface area contributed by atoms with Crippen molar-refractivity contribution in [3.8, 4) is 5.75 Å². The predicted molar refractivity (Wildman–Crippen MR) is 93.7 cm³/mol. The number of nitrogens with zero attached hydrogens (tertiary/aromatic N) is 3. The number of aromatic amines is 1. The van der Waals surface area contributed by atoms with Gasteiger partial charge in [-0.25, -0.2) is 4.98 Å². The van der Waals surface area contributed by atoms with Crippen LogP contribution in [0.2, 0.25) is 0 Å². The molecule has 0 unspecified atom stereocenters. The summed E-state index contributed by atoms with van der Waals surface area (Å²) in [5.41, 5.74) is 0.720. The summed E-state index contributed by atoms with van der Waals surface area (Å²) in [4.78, 5) is 30.2. The van der Waals surface area contributed by atoms with Crippen molar-refractivity contribution in [1.29, 1.82) is 0 Å². The number of aromatic nitrogens is 3. The Morgan fingerprint density at radius 2 is 2.28 bits per heavy atom. The van der Waals surface area contributed by atoms with Crippen LogP contribution in [-0.4, -0.2) is 52.4 Å². The number of nitrogens with one attached hydrogen (secondary N) is 2. The van der Waals surface area contributed by atoms with Gasteiger partial charge in [0.15, 0.2) is 0 Å². The van der Waals surface area contributed by atoms with Gasteiger partial charge in [-0.15, -0.1) is 5.10 Å². The van der Waals surface area contributed by atoms with E-state index < -0.39 is 0 Å². The number of rotatable bonds is 6. The van der Waals surface area contributed by atoms with Crippen LogP contribution in [0.3, 0.4) is 0 Å². The van der Waals surface area contributed by atoms with E-state index >= 15 is 0 Å². The lowest BCUT2D eigenvalue weighted by atomic mass is 10.2. The minimum Gasteiger partial charge on any atom is -0.495 e. The normalized spacial score (nSPS) is 17.0. The molecule has 9 heteroatoms. The Bertz CT molecular complexity index is 779. The van der Waals surface area contributed by atoms with Crippen molar-refractivity contribution in [2.75, 3.05) is 24.3 Å². The molecule has 0 spiro atoms. The number of methoxy groups -OCH3 is 1. The fraction of sp³-hybridized carbons (Fsp3) is 0.375. The molecule has 25 heavy (non-hydrogen) atoms. The van der Waals surface area contributed by atoms with Crippen molar-refractivity contribution in [2.24, 2.45) is 0 Å². The summed E-state index contributed by atoms with van der Waals surface area (Å²) in [5.74, 6) is 1.37. The second-order valence-electron chi connectivity index (χ2n) is 5.64. The number of amides is 2. The molecule has 0 aliphatic carbocycles. The second-order valence-corrected chi connectivity index (χ2v) is 6.58. The van der Waals surface area contributed by atoms with Crippen LogP contribution >= 0.6 is 11.8 Å². The van der Waals surface area contributed by atoms with E-state index in [-0.39, 0.29) is 30.0 Å². The van der Waals surface area contributed by atoms with Crippen molar-refractivity contribution in [1.82, 2.24) is 20.5 Å². The lowest BCUT2D eigenvalue weighted by Gasteiger charge is -2.19. The minimum absolute atomic E-state index is 0.0351. The largest absolute Gasteiger partial charge is 0.495 e. The number of carbonyl (C=O) groups is 2. The summed E-state index contributed by atoms with van der Waals surface area (Å²) in [5, 5.41) is 10.1. The van der Waals surface area contributed by atoms with E-state index in [1.165, 1.54) is 11.8 Å². The third-order valence-electron chi connectivity index (χ3n) is 3.78. The van der Waals surface area contributed by atoms with Crippen molar-refractivity contribution in [3.63, 3.8) is 0 Å². The van der Waals surface area contributed by atoms with E-state index in [9.17, 15) is 9.59 Å². The van der Waals surface area contributed by atoms with E-state index in [1.54, 1.807) is 18.9 Å². The molecule has 3 rings (SSSR count). The molecule has 2 N–H and O–H groups in total. The first kappa shape index (κ1) is 17.3. The molecule has 1 aromatic heterocycles. The third kappa shape index (κ3) is 4.11. The number of ether oxygens (including phenoxy) is 1. The van der Waals surface area contributed by atoms with Gasteiger partial charge in [0.1, 0.15) is 11.6 Å². The number of thioether (sulfide) groups is 1. The Kier molecular flexibility index (Phi) is 5.22. The van der Waals surface area contributed by atoms with E-state index in [1.807, 2.05) is 24.3 Å². The molecule has 0 saturated carbocycles. The van der Waals surface area contributed by atoms with Crippen LogP contribution < -0.4 is 15.0 Å². The van der Waals surface area contributed by atoms with Gasteiger partial charge in [0, 0.05) is 13.0 Å². The first-order valence-electron chi connectivity index (χ1n) is 7.81. The molecule has 1 atom stereocenters. The van der Waals surface area contributed by atoms with Gasteiger partial charge in [0.05, 0.1) is 24.6 Å². The molecule has 1 fully saturated rings. The molecule has 8 nitrogen and oxygen atoms in total. The highest BCUT2D eigenvalue weighted by molar-refractivity contribution is 7.99. The first-order valence-corrected chi connectivity index (χ1v) is 8.80. The van der Waals surface area contributed by atoms with Crippen molar-refractivity contribution in [3.05, 3.63) is 30.1 Å². The fourth-order valence-electron chi connectivity index (χ4n) is 2.68. The number of aryl methyl sites for hydroxylation is 1. The van der Waals surface area contributed by atoms with E-state index in [4.69, 9.17) is 4.74 Å². The quantitative estimate of drug-likeness (QED) is 0.749. The minimum atomic E-state index is -0.223. The summed E-state index contributed by atoms with van der Waals surface area (Å²) >= 11 is 1.25. The first-order chi connectivity index (χ1) is 12.1. The van der Waals surface area contributed by atoms with Gasteiger partial charge in [0.2, 0.25) is 17.0 Å². The van der Waals surface area contributed by atoms with Crippen LogP contribution in [0, 0.1) is 6.92 Å². The molecule has 1 aromatic carbocycles. The Morgan fingerprint density at radius 3 is 3.00 bits per heavy atom. The van der Waals surface area contributed by atoms with Crippen LogP contribution in [0.15, 0.2) is 29.4 Å². The number of carbonyl (C=O) groups excluding carboxylic acids is 2. The maximum atomic E-state index is 12.3. The van der Waals surface area contributed by atoms with Gasteiger partial charge in [-0.2, -0.15) is 0 Å². The SMILES string of the molecule is COc1ccccc1N1C[C@@H](NC(=O)CSc2n[nH]c(C)n2)CC1=O. The Morgan fingerprint density at radius 1 is 1.48 bits per heavy atom. The Labute approximate surface area is 149 Å². The Hall–Kier alpha value is -2.55. The zero-order chi connectivity index (χ0) is 17.8. The summed E-state index contributed by atoms with van der Waals surface area (Å²) < 4.78 is 5.31. The van der Waals surface area contributed by atoms with Crippen molar-refractivity contribution >= 4 is 29.3 Å². The molecular formula is C16H19N5O3S. The second kappa shape index (κ2) is 7.56. The average Bonchev–Trinajstić information content (AvgIpc) is 3.18. The third-order valence-corrected chi connectivity index (χ3v) is 4.62. The topological polar surface area (TPSA) is 100 Å². The van der Waals surface area contributed by atoms with Gasteiger partial charge in [-0.3, -0.25) is 14.7 Å². The average molecular weight is 361 g/mol. The monoisotopic (exact) mass is 361 g/mol. The molecule has 1 saturated heterocycles. The van der Waals surface area contributed by atoms with Crippen LogP contribution in [0.4, 0.5) is 5.69 Å². The lowest BCUT2D eigenvalue weighted by Crippen LogP contribution is -2.38. The molecule has 0 bridgehead atoms. The van der Waals surface area contributed by atoms with E-state index in [0.717, 1.165) is 5.69 Å². The number of anilines is 1. The summed E-state index contributed by atoms with van der Waals surface area (Å²) in [6.45, 7) is 2.23. The zero-order valence-corrected chi connectivity index (χ0v) is 14.8. The highest BCUT2D eigenvalue weighted by Gasteiger charge is 2.32. The van der Waals surface area contributed by atoms with E-state index in [2.05, 4.69) is 20.5 Å². The molecule has 2 heterocycles. The Balaban J connectivity index is 1.56. The number of benzene rings is 1. The standard InChI is InChI=1S/C16H19N5O3S/c1-10-17-16(20-19-10)25-9-14(22)18-11-7-15(23)21(8-11)12-5-3-4-6-13(12)24-2/h3-6,11H,7-9H2,1-2H3,(H,18,22)(H,17,19,20)/t11-/m0/s1. The smallest absolute Gasteiger partial charge is 0.230 e. The highest BCUT2D eigenvalue weighted by Crippen LogP contribution is 2.31. The van der Waals surface area contributed by atoms with Gasteiger partial charge in [-0.05, 0) is 19.1 Å². The van der Waals surface area contributed by atoms with Crippen molar-refractivity contribution < 1.29 is 14.3 Å². The molecule has 1 aliphatic rings. The van der Waals surface area contributed by atoms with Crippen LogP contribution in [-0.2, 0) is 9.59 Å². The van der Waals surface area contributed by atoms with Crippen molar-refractivity contribution in [2.45, 2.75) is 24.5 Å². The van der Waals surface area contributed by atoms with Crippen LogP contribution in [0.1, 0.15) is 12.2 Å². The number of para-hydroxylation sites is 2. The van der Waals surface area contributed by atoms with Crippen LogP contribution in [0.25, 0.3) is 0 Å². The molecule has 132 valence electrons. The summed E-state index contributed by atoms with van der Waals surface area (Å²) in [6.07, 6.45) is 0.272. The molecular weight excluding hydrogens is 342 g/mol. The predicted octanol–water partition coefficient (Wildman–Crippen LogP) is 1.14. The fourth-order valence-corrected chi connectivity index (χ4v) is 3.33.